The van der Waals surface area contributed by atoms with Crippen molar-refractivity contribution in [2.75, 3.05) is 104 Å². The first kappa shape index (κ1) is 38.8. The molecule has 2 fully saturated rings. The van der Waals surface area contributed by atoms with Gasteiger partial charge in [0.1, 0.15) is 18.5 Å². The van der Waals surface area contributed by atoms with Crippen molar-refractivity contribution >= 4 is 28.5 Å². The lowest BCUT2D eigenvalue weighted by Crippen LogP contribution is -2.53. The molecule has 43 heavy (non-hydrogen) atoms. The van der Waals surface area contributed by atoms with Gasteiger partial charge >= 0.3 is 0 Å². The summed E-state index contributed by atoms with van der Waals surface area (Å²) < 4.78 is 40.0. The maximum absolute atomic E-state index is 9.27. The van der Waals surface area contributed by atoms with Gasteiger partial charge in [-0.3, -0.25) is 0 Å². The highest BCUT2D eigenvalue weighted by Gasteiger charge is 2.33. The van der Waals surface area contributed by atoms with Crippen LogP contribution in [-0.4, -0.2) is 147 Å². The fourth-order valence-corrected chi connectivity index (χ4v) is 3.88. The fraction of sp³-hybridized carbons (Fsp3) is 0.741. The Morgan fingerprint density at radius 2 is 1.58 bits per heavy atom. The minimum absolute atomic E-state index is 0. The SMILES string of the molecule is C.C#CCOCCOCCOCCOCCOC1CN(c2nc(Cl)nc3c2cnn3C2OCC(CO)O2)C1.CCO.CO. The van der Waals surface area contributed by atoms with E-state index < -0.39 is 12.5 Å². The van der Waals surface area contributed by atoms with Crippen molar-refractivity contribution in [2.24, 2.45) is 0 Å². The molecule has 2 unspecified atom stereocenters. The van der Waals surface area contributed by atoms with Gasteiger partial charge < -0.3 is 53.4 Å². The second-order valence-electron chi connectivity index (χ2n) is 8.53. The summed E-state index contributed by atoms with van der Waals surface area (Å²) in [4.78, 5) is 10.7. The van der Waals surface area contributed by atoms with Crippen LogP contribution in [0.1, 0.15) is 20.8 Å². The zero-order valence-corrected chi connectivity index (χ0v) is 24.9. The third-order valence-electron chi connectivity index (χ3n) is 5.57. The Balaban J connectivity index is 0.00000145. The molecule has 0 bridgehead atoms. The van der Waals surface area contributed by atoms with Gasteiger partial charge in [0.25, 0.3) is 6.41 Å². The molecule has 0 aliphatic carbocycles. The Labute approximate surface area is 257 Å². The summed E-state index contributed by atoms with van der Waals surface area (Å²) >= 11 is 6.19. The molecule has 4 rings (SSSR count). The molecule has 0 saturated carbocycles. The lowest BCUT2D eigenvalue weighted by molar-refractivity contribution is -0.124. The van der Waals surface area contributed by atoms with Gasteiger partial charge in [0.2, 0.25) is 5.28 Å². The molecule has 0 spiro atoms. The zero-order valence-electron chi connectivity index (χ0n) is 24.1. The van der Waals surface area contributed by atoms with Crippen LogP contribution in [-0.2, 0) is 33.2 Å². The molecular weight excluding hydrogens is 590 g/mol. The largest absolute Gasteiger partial charge is 0.400 e. The van der Waals surface area contributed by atoms with E-state index in [-0.39, 0.29) is 38.6 Å². The van der Waals surface area contributed by atoms with Crippen LogP contribution in [0.4, 0.5) is 5.82 Å². The van der Waals surface area contributed by atoms with Crippen molar-refractivity contribution in [3.05, 3.63) is 11.5 Å². The van der Waals surface area contributed by atoms with E-state index in [1.165, 1.54) is 4.68 Å². The summed E-state index contributed by atoms with van der Waals surface area (Å²) in [6.07, 6.45) is 5.63. The summed E-state index contributed by atoms with van der Waals surface area (Å²) in [6, 6.07) is 0. The number of fused-ring (bicyclic) bond motifs is 1. The van der Waals surface area contributed by atoms with Crippen molar-refractivity contribution in [1.29, 1.82) is 0 Å². The van der Waals surface area contributed by atoms with E-state index in [9.17, 15) is 5.11 Å². The molecule has 0 amide bonds. The number of aromatic nitrogens is 4. The van der Waals surface area contributed by atoms with E-state index in [0.29, 0.717) is 84.0 Å². The Bertz CT molecular complexity index is 1040. The predicted octanol–water partition coefficient (Wildman–Crippen LogP) is 0.492. The molecule has 2 aromatic heterocycles. The zero-order chi connectivity index (χ0) is 30.6. The molecule has 246 valence electrons. The maximum Gasteiger partial charge on any atom is 0.262 e. The van der Waals surface area contributed by atoms with E-state index in [4.69, 9.17) is 61.4 Å². The number of rotatable bonds is 17. The van der Waals surface area contributed by atoms with Crippen LogP contribution in [0.5, 0.6) is 0 Å². The summed E-state index contributed by atoms with van der Waals surface area (Å²) in [5.41, 5.74) is 0.499. The average molecular weight is 636 g/mol. The minimum Gasteiger partial charge on any atom is -0.400 e. The van der Waals surface area contributed by atoms with E-state index in [1.807, 2.05) is 0 Å². The molecule has 2 atom stereocenters. The fourth-order valence-electron chi connectivity index (χ4n) is 3.72. The number of terminal acetylenes is 1. The van der Waals surface area contributed by atoms with Crippen molar-refractivity contribution in [2.45, 2.75) is 33.0 Å². The van der Waals surface area contributed by atoms with Crippen LogP contribution >= 0.6 is 11.6 Å². The molecule has 2 aromatic rings. The number of halogens is 1. The highest BCUT2D eigenvalue weighted by molar-refractivity contribution is 6.28. The quantitative estimate of drug-likeness (QED) is 0.125. The molecule has 0 aromatic carbocycles. The Morgan fingerprint density at radius 1 is 1.00 bits per heavy atom. The molecule has 2 aliphatic heterocycles. The molecule has 3 N–H and O–H groups in total. The van der Waals surface area contributed by atoms with E-state index in [0.717, 1.165) is 12.5 Å². The second kappa shape index (κ2) is 23.2. The lowest BCUT2D eigenvalue weighted by atomic mass is 10.1. The summed E-state index contributed by atoms with van der Waals surface area (Å²) in [5, 5.41) is 29.0. The molecule has 16 heteroatoms. The summed E-state index contributed by atoms with van der Waals surface area (Å²) in [5.74, 6) is 3.07. The Morgan fingerprint density at radius 3 is 2.14 bits per heavy atom. The topological polar surface area (TPSA) is 172 Å². The van der Waals surface area contributed by atoms with Crippen LogP contribution in [0.2, 0.25) is 5.28 Å². The van der Waals surface area contributed by atoms with Gasteiger partial charge in [0.05, 0.1) is 83.8 Å². The molecule has 2 aliphatic rings. The lowest BCUT2D eigenvalue weighted by Gasteiger charge is -2.39. The summed E-state index contributed by atoms with van der Waals surface area (Å²) in [7, 11) is 1.00. The van der Waals surface area contributed by atoms with E-state index in [2.05, 4.69) is 25.9 Å². The molecule has 2 saturated heterocycles. The molecule has 4 heterocycles. The minimum atomic E-state index is -0.774. The van der Waals surface area contributed by atoms with Gasteiger partial charge in [-0.05, 0) is 18.5 Å². The van der Waals surface area contributed by atoms with E-state index >= 15 is 0 Å². The first-order valence-corrected chi connectivity index (χ1v) is 13.9. The number of anilines is 1. The van der Waals surface area contributed by atoms with Gasteiger partial charge in [-0.1, -0.05) is 13.3 Å². The monoisotopic (exact) mass is 635 g/mol. The maximum atomic E-state index is 9.27. The predicted molar refractivity (Wildman–Crippen MR) is 159 cm³/mol. The Hall–Kier alpha value is -2.20. The molecule has 15 nitrogen and oxygen atoms in total. The number of aliphatic hydroxyl groups is 3. The van der Waals surface area contributed by atoms with Crippen molar-refractivity contribution in [1.82, 2.24) is 19.7 Å². The van der Waals surface area contributed by atoms with Gasteiger partial charge in [-0.15, -0.1) is 6.42 Å². The highest BCUT2D eigenvalue weighted by Crippen LogP contribution is 2.32. The normalized spacial score (nSPS) is 17.7. The number of ether oxygens (including phenoxy) is 7. The van der Waals surface area contributed by atoms with Gasteiger partial charge in [-0.25, -0.2) is 0 Å². The number of nitrogens with zero attached hydrogens (tertiary/aromatic N) is 5. The van der Waals surface area contributed by atoms with Gasteiger partial charge in [0, 0.05) is 26.8 Å². The van der Waals surface area contributed by atoms with Crippen molar-refractivity contribution < 1.29 is 48.5 Å². The first-order chi connectivity index (χ1) is 20.6. The van der Waals surface area contributed by atoms with Crippen LogP contribution < -0.4 is 4.90 Å². The third-order valence-corrected chi connectivity index (χ3v) is 5.74. The van der Waals surface area contributed by atoms with Gasteiger partial charge in [-0.2, -0.15) is 19.7 Å². The van der Waals surface area contributed by atoms with E-state index in [1.54, 1.807) is 13.1 Å². The van der Waals surface area contributed by atoms with Crippen LogP contribution in [0.3, 0.4) is 0 Å². The standard InChI is InChI=1S/C23H32ClN5O8.C2H6O.CH4O.CH4/c1-2-3-31-4-5-32-6-7-33-8-9-34-10-11-35-17-13-28(14-17)20-19-12-25-29(21(19)27-22(24)26-20)23-36-16-18(15-30)37-23;1-2-3;1-2;/h1,12,17-18,23,30H,3-11,13-16H2;3H,2H2,1H3;2H,1H3;1H4. The average Bonchev–Trinajstić information content (AvgIpc) is 3.62. The first-order valence-electron chi connectivity index (χ1n) is 13.6. The van der Waals surface area contributed by atoms with Crippen LogP contribution in [0, 0.1) is 12.3 Å². The van der Waals surface area contributed by atoms with Gasteiger partial charge in [0.15, 0.2) is 5.65 Å². The van der Waals surface area contributed by atoms with Crippen molar-refractivity contribution in [3.63, 3.8) is 0 Å². The molecule has 0 radical (unpaired) electrons. The van der Waals surface area contributed by atoms with Crippen LogP contribution in [0.15, 0.2) is 6.20 Å². The smallest absolute Gasteiger partial charge is 0.262 e. The molecular formula is C27H46ClN5O10. The number of hydrogen-bond donors (Lipinski definition) is 3. The number of aliphatic hydroxyl groups excluding tert-OH is 3. The van der Waals surface area contributed by atoms with Crippen LogP contribution in [0.25, 0.3) is 11.0 Å². The number of hydrogen-bond acceptors (Lipinski definition) is 14. The Kier molecular flexibility index (Phi) is 21.0. The second-order valence-corrected chi connectivity index (χ2v) is 8.87. The van der Waals surface area contributed by atoms with Crippen molar-refractivity contribution in [3.8, 4) is 12.3 Å². The highest BCUT2D eigenvalue weighted by atomic mass is 35.5. The third kappa shape index (κ3) is 13.1. The summed E-state index contributed by atoms with van der Waals surface area (Å²) in [6.45, 7) is 7.60.